The SMILES string of the molecule is NC(=O)Oc1ccc(-c2nc(-c3ccccc3)cc(N3CC4CCC(C3)O4)n2)cc1CCO. The molecule has 5 rings (SSSR count). The highest BCUT2D eigenvalue weighted by Gasteiger charge is 2.34. The summed E-state index contributed by atoms with van der Waals surface area (Å²) in [5.74, 6) is 1.75. The minimum atomic E-state index is -0.895. The van der Waals surface area contributed by atoms with Crippen molar-refractivity contribution in [3.63, 3.8) is 0 Å². The highest BCUT2D eigenvalue weighted by Crippen LogP contribution is 2.33. The van der Waals surface area contributed by atoms with Gasteiger partial charge in [0.2, 0.25) is 0 Å². The van der Waals surface area contributed by atoms with Crippen LogP contribution in [0, 0.1) is 0 Å². The van der Waals surface area contributed by atoms with Crippen molar-refractivity contribution < 1.29 is 19.4 Å². The van der Waals surface area contributed by atoms with E-state index in [4.69, 9.17) is 25.2 Å². The van der Waals surface area contributed by atoms with Crippen molar-refractivity contribution in [2.45, 2.75) is 31.5 Å². The number of ether oxygens (including phenoxy) is 2. The van der Waals surface area contributed by atoms with Crippen molar-refractivity contribution in [1.29, 1.82) is 0 Å². The van der Waals surface area contributed by atoms with E-state index in [0.29, 0.717) is 23.6 Å². The Balaban J connectivity index is 1.58. The lowest BCUT2D eigenvalue weighted by Crippen LogP contribution is -2.43. The number of aliphatic hydroxyl groups excluding tert-OH is 1. The first-order valence-electron chi connectivity index (χ1n) is 11.2. The quantitative estimate of drug-likeness (QED) is 0.598. The average Bonchev–Trinajstić information content (AvgIpc) is 3.17. The summed E-state index contributed by atoms with van der Waals surface area (Å²) in [6, 6.07) is 17.3. The summed E-state index contributed by atoms with van der Waals surface area (Å²) in [5, 5.41) is 9.48. The van der Waals surface area contributed by atoms with Gasteiger partial charge in [0.05, 0.1) is 17.9 Å². The normalized spacial score (nSPS) is 19.5. The summed E-state index contributed by atoms with van der Waals surface area (Å²) in [6.07, 6.45) is 2.06. The lowest BCUT2D eigenvalue weighted by Gasteiger charge is -2.33. The van der Waals surface area contributed by atoms with Crippen LogP contribution >= 0.6 is 0 Å². The van der Waals surface area contributed by atoms with Crippen molar-refractivity contribution in [3.05, 3.63) is 60.2 Å². The van der Waals surface area contributed by atoms with E-state index in [-0.39, 0.29) is 18.8 Å². The number of aliphatic hydroxyl groups is 1. The largest absolute Gasteiger partial charge is 0.410 e. The minimum Gasteiger partial charge on any atom is -0.410 e. The number of amides is 1. The number of hydrogen-bond acceptors (Lipinski definition) is 7. The Bertz CT molecular complexity index is 1140. The molecule has 2 unspecified atom stereocenters. The maximum Gasteiger partial charge on any atom is 0.409 e. The highest BCUT2D eigenvalue weighted by molar-refractivity contribution is 5.71. The number of morpholine rings is 1. The number of nitrogens with two attached hydrogens (primary N) is 1. The van der Waals surface area contributed by atoms with E-state index in [9.17, 15) is 9.90 Å². The van der Waals surface area contributed by atoms with E-state index in [1.807, 2.05) is 42.5 Å². The van der Waals surface area contributed by atoms with E-state index in [1.54, 1.807) is 12.1 Å². The fourth-order valence-electron chi connectivity index (χ4n) is 4.53. The van der Waals surface area contributed by atoms with E-state index in [1.165, 1.54) is 0 Å². The third-order valence-corrected chi connectivity index (χ3v) is 6.06. The lowest BCUT2D eigenvalue weighted by molar-refractivity contribution is 0.0302. The average molecular weight is 447 g/mol. The molecule has 3 N–H and O–H groups in total. The Hall–Kier alpha value is -3.49. The Kier molecular flexibility index (Phi) is 5.93. The van der Waals surface area contributed by atoms with Gasteiger partial charge in [-0.3, -0.25) is 0 Å². The number of benzene rings is 2. The number of carbonyl (C=O) groups excluding carboxylic acids is 1. The van der Waals surface area contributed by atoms with Gasteiger partial charge in [-0.15, -0.1) is 0 Å². The molecule has 2 fully saturated rings. The molecule has 33 heavy (non-hydrogen) atoms. The number of anilines is 1. The molecule has 0 saturated carbocycles. The molecule has 3 aromatic rings. The zero-order valence-electron chi connectivity index (χ0n) is 18.2. The molecule has 8 heteroatoms. The number of aromatic nitrogens is 2. The van der Waals surface area contributed by atoms with Crippen molar-refractivity contribution in [1.82, 2.24) is 9.97 Å². The molecule has 170 valence electrons. The fraction of sp³-hybridized carbons (Fsp3) is 0.320. The van der Waals surface area contributed by atoms with Crippen LogP contribution in [0.5, 0.6) is 5.75 Å². The standard InChI is InChI=1S/C25H26N4O4/c26-25(31)33-22-9-6-18(12-17(22)10-11-30)24-27-21(16-4-2-1-3-5-16)13-23(28-24)29-14-19-7-8-20(15-29)32-19/h1-6,9,12-13,19-20,30H,7-8,10-11,14-15H2,(H2,26,31). The maximum atomic E-state index is 11.3. The second-order valence-electron chi connectivity index (χ2n) is 8.38. The summed E-state index contributed by atoms with van der Waals surface area (Å²) in [6.45, 7) is 1.52. The molecule has 2 bridgehead atoms. The van der Waals surface area contributed by atoms with Gasteiger partial charge in [-0.2, -0.15) is 0 Å². The summed E-state index contributed by atoms with van der Waals surface area (Å²) >= 11 is 0. The van der Waals surface area contributed by atoms with Gasteiger partial charge in [0.15, 0.2) is 5.82 Å². The Morgan fingerprint density at radius 2 is 1.82 bits per heavy atom. The first-order valence-corrected chi connectivity index (χ1v) is 11.2. The van der Waals surface area contributed by atoms with Gasteiger partial charge in [0, 0.05) is 36.9 Å². The Morgan fingerprint density at radius 3 is 2.52 bits per heavy atom. The van der Waals surface area contributed by atoms with Crippen LogP contribution in [0.4, 0.5) is 10.6 Å². The molecule has 2 aliphatic heterocycles. The summed E-state index contributed by atoms with van der Waals surface area (Å²) in [7, 11) is 0. The van der Waals surface area contributed by atoms with Gasteiger partial charge in [0.25, 0.3) is 0 Å². The van der Waals surface area contributed by atoms with Crippen LogP contribution in [0.3, 0.4) is 0 Å². The van der Waals surface area contributed by atoms with Gasteiger partial charge in [0.1, 0.15) is 11.6 Å². The topological polar surface area (TPSA) is 111 Å². The molecule has 1 amide bonds. The first kappa shape index (κ1) is 21.4. The van der Waals surface area contributed by atoms with E-state index in [0.717, 1.165) is 48.6 Å². The number of rotatable bonds is 6. The first-order chi connectivity index (χ1) is 16.1. The number of carbonyl (C=O) groups is 1. The van der Waals surface area contributed by atoms with Crippen LogP contribution in [0.2, 0.25) is 0 Å². The van der Waals surface area contributed by atoms with Gasteiger partial charge in [-0.05, 0) is 43.0 Å². The van der Waals surface area contributed by atoms with Crippen molar-refractivity contribution >= 4 is 11.9 Å². The maximum absolute atomic E-state index is 11.3. The molecule has 8 nitrogen and oxygen atoms in total. The second-order valence-corrected chi connectivity index (χ2v) is 8.38. The monoisotopic (exact) mass is 446 g/mol. The predicted octanol–water partition coefficient (Wildman–Crippen LogP) is 3.17. The van der Waals surface area contributed by atoms with E-state index < -0.39 is 6.09 Å². The number of fused-ring (bicyclic) bond motifs is 2. The highest BCUT2D eigenvalue weighted by atomic mass is 16.5. The number of primary amides is 1. The molecular weight excluding hydrogens is 420 g/mol. The lowest BCUT2D eigenvalue weighted by atomic mass is 10.1. The van der Waals surface area contributed by atoms with Crippen LogP contribution in [-0.4, -0.2) is 53.1 Å². The fourth-order valence-corrected chi connectivity index (χ4v) is 4.53. The Morgan fingerprint density at radius 1 is 1.06 bits per heavy atom. The zero-order chi connectivity index (χ0) is 22.8. The molecule has 0 radical (unpaired) electrons. The summed E-state index contributed by atoms with van der Waals surface area (Å²) in [4.78, 5) is 23.3. The van der Waals surface area contributed by atoms with Crippen LogP contribution in [0.15, 0.2) is 54.6 Å². The Labute approximate surface area is 192 Å². The van der Waals surface area contributed by atoms with E-state index >= 15 is 0 Å². The molecule has 2 saturated heterocycles. The molecule has 2 aliphatic rings. The zero-order valence-corrected chi connectivity index (χ0v) is 18.2. The van der Waals surface area contributed by atoms with Gasteiger partial charge in [-0.1, -0.05) is 30.3 Å². The number of nitrogens with zero attached hydrogens (tertiary/aromatic N) is 3. The molecule has 1 aromatic heterocycles. The molecular formula is C25H26N4O4. The summed E-state index contributed by atoms with van der Waals surface area (Å²) in [5.41, 5.74) is 8.45. The third-order valence-electron chi connectivity index (χ3n) is 6.06. The van der Waals surface area contributed by atoms with Crippen molar-refractivity contribution in [2.24, 2.45) is 5.73 Å². The molecule has 2 atom stereocenters. The smallest absolute Gasteiger partial charge is 0.409 e. The molecule has 3 heterocycles. The predicted molar refractivity (Wildman–Crippen MR) is 124 cm³/mol. The molecule has 0 aliphatic carbocycles. The summed E-state index contributed by atoms with van der Waals surface area (Å²) < 4.78 is 11.1. The molecule has 0 spiro atoms. The van der Waals surface area contributed by atoms with Crippen molar-refractivity contribution in [2.75, 3.05) is 24.6 Å². The van der Waals surface area contributed by atoms with Crippen LogP contribution in [-0.2, 0) is 11.2 Å². The van der Waals surface area contributed by atoms with Crippen LogP contribution in [0.25, 0.3) is 22.6 Å². The van der Waals surface area contributed by atoms with Gasteiger partial charge < -0.3 is 25.2 Å². The van der Waals surface area contributed by atoms with Gasteiger partial charge >= 0.3 is 6.09 Å². The minimum absolute atomic E-state index is 0.0920. The van der Waals surface area contributed by atoms with E-state index in [2.05, 4.69) is 4.90 Å². The number of hydrogen-bond donors (Lipinski definition) is 2. The second kappa shape index (κ2) is 9.17. The van der Waals surface area contributed by atoms with Crippen molar-refractivity contribution in [3.8, 4) is 28.4 Å². The van der Waals surface area contributed by atoms with Gasteiger partial charge in [-0.25, -0.2) is 14.8 Å². The third kappa shape index (κ3) is 4.67. The van der Waals surface area contributed by atoms with Crippen LogP contribution in [0.1, 0.15) is 18.4 Å². The van der Waals surface area contributed by atoms with Crippen LogP contribution < -0.4 is 15.4 Å². The molecule has 2 aromatic carbocycles.